The van der Waals surface area contributed by atoms with E-state index in [1.807, 2.05) is 0 Å². The molecule has 0 aliphatic carbocycles. The molecule has 2 aromatic carbocycles. The van der Waals surface area contributed by atoms with Gasteiger partial charge in [-0.05, 0) is 30.2 Å². The summed E-state index contributed by atoms with van der Waals surface area (Å²) in [6.07, 6.45) is -4.31. The SMILES string of the molecule is CC(NCC(c1ccccc1)C(F)(F)F)c1cccc(O)c1. The van der Waals surface area contributed by atoms with Gasteiger partial charge in [-0.3, -0.25) is 0 Å². The molecule has 0 spiro atoms. The summed E-state index contributed by atoms with van der Waals surface area (Å²) in [5, 5.41) is 12.3. The molecule has 0 heterocycles. The Hall–Kier alpha value is -2.01. The Kier molecular flexibility index (Phi) is 5.08. The molecule has 22 heavy (non-hydrogen) atoms. The molecule has 0 amide bonds. The number of benzene rings is 2. The average Bonchev–Trinajstić information content (AvgIpc) is 2.47. The molecule has 118 valence electrons. The van der Waals surface area contributed by atoms with E-state index in [0.29, 0.717) is 0 Å². The quantitative estimate of drug-likeness (QED) is 0.858. The van der Waals surface area contributed by atoms with E-state index in [-0.39, 0.29) is 23.9 Å². The van der Waals surface area contributed by atoms with Crippen LogP contribution >= 0.6 is 0 Å². The first-order valence-corrected chi connectivity index (χ1v) is 7.02. The van der Waals surface area contributed by atoms with E-state index >= 15 is 0 Å². The first-order chi connectivity index (χ1) is 10.4. The molecule has 0 aromatic heterocycles. The molecule has 2 aromatic rings. The maximum absolute atomic E-state index is 13.2. The third kappa shape index (κ3) is 4.24. The van der Waals surface area contributed by atoms with Gasteiger partial charge in [-0.25, -0.2) is 0 Å². The molecule has 2 atom stereocenters. The minimum Gasteiger partial charge on any atom is -0.508 e. The summed E-state index contributed by atoms with van der Waals surface area (Å²) in [6.45, 7) is 1.55. The number of phenols is 1. The summed E-state index contributed by atoms with van der Waals surface area (Å²) in [5.74, 6) is -1.46. The first kappa shape index (κ1) is 16.4. The molecular weight excluding hydrogens is 291 g/mol. The van der Waals surface area contributed by atoms with Crippen molar-refractivity contribution in [1.82, 2.24) is 5.32 Å². The largest absolute Gasteiger partial charge is 0.508 e. The van der Waals surface area contributed by atoms with Gasteiger partial charge in [0.05, 0.1) is 5.92 Å². The molecule has 0 saturated heterocycles. The lowest BCUT2D eigenvalue weighted by atomic mass is 9.97. The summed E-state index contributed by atoms with van der Waals surface area (Å²) in [5.41, 5.74) is 0.986. The Morgan fingerprint density at radius 2 is 1.64 bits per heavy atom. The van der Waals surface area contributed by atoms with Crippen LogP contribution in [0.15, 0.2) is 54.6 Å². The first-order valence-electron chi connectivity index (χ1n) is 7.02. The van der Waals surface area contributed by atoms with Crippen LogP contribution in [-0.2, 0) is 0 Å². The second-order valence-corrected chi connectivity index (χ2v) is 5.23. The third-order valence-electron chi connectivity index (χ3n) is 3.60. The molecule has 5 heteroatoms. The molecule has 0 aliphatic rings. The summed E-state index contributed by atoms with van der Waals surface area (Å²) in [4.78, 5) is 0. The molecule has 0 aliphatic heterocycles. The lowest BCUT2D eigenvalue weighted by Gasteiger charge is -2.23. The number of phenolic OH excluding ortho intramolecular Hbond substituents is 1. The number of aromatic hydroxyl groups is 1. The topological polar surface area (TPSA) is 32.3 Å². The van der Waals surface area contributed by atoms with Crippen LogP contribution in [0.1, 0.15) is 30.0 Å². The minimum absolute atomic E-state index is 0.0987. The molecule has 0 fully saturated rings. The van der Waals surface area contributed by atoms with E-state index in [0.717, 1.165) is 5.56 Å². The van der Waals surface area contributed by atoms with Crippen molar-refractivity contribution in [3.63, 3.8) is 0 Å². The molecule has 2 nitrogen and oxygen atoms in total. The smallest absolute Gasteiger partial charge is 0.396 e. The standard InChI is InChI=1S/C17H18F3NO/c1-12(14-8-5-9-15(22)10-14)21-11-16(17(18,19)20)13-6-3-2-4-7-13/h2-10,12,16,21-22H,11H2,1H3. The van der Waals surface area contributed by atoms with E-state index in [4.69, 9.17) is 0 Å². The van der Waals surface area contributed by atoms with E-state index in [2.05, 4.69) is 5.32 Å². The highest BCUT2D eigenvalue weighted by Gasteiger charge is 2.40. The van der Waals surface area contributed by atoms with Crippen LogP contribution in [0.25, 0.3) is 0 Å². The number of hydrogen-bond donors (Lipinski definition) is 2. The van der Waals surface area contributed by atoms with Crippen LogP contribution in [0.4, 0.5) is 13.2 Å². The zero-order valence-corrected chi connectivity index (χ0v) is 12.1. The van der Waals surface area contributed by atoms with Gasteiger partial charge in [0.2, 0.25) is 0 Å². The van der Waals surface area contributed by atoms with E-state index in [1.165, 1.54) is 18.2 Å². The van der Waals surface area contributed by atoms with Gasteiger partial charge in [-0.2, -0.15) is 13.2 Å². The highest BCUT2D eigenvalue weighted by atomic mass is 19.4. The van der Waals surface area contributed by atoms with Gasteiger partial charge in [-0.15, -0.1) is 0 Å². The van der Waals surface area contributed by atoms with Gasteiger partial charge in [-0.1, -0.05) is 42.5 Å². The maximum atomic E-state index is 13.2. The van der Waals surface area contributed by atoms with Gasteiger partial charge in [0.15, 0.2) is 0 Å². The lowest BCUT2D eigenvalue weighted by molar-refractivity contribution is -0.149. The van der Waals surface area contributed by atoms with E-state index in [1.54, 1.807) is 43.3 Å². The zero-order valence-electron chi connectivity index (χ0n) is 12.1. The van der Waals surface area contributed by atoms with Crippen molar-refractivity contribution in [2.24, 2.45) is 0 Å². The Balaban J connectivity index is 2.09. The minimum atomic E-state index is -4.31. The van der Waals surface area contributed by atoms with Gasteiger partial charge < -0.3 is 10.4 Å². The summed E-state index contributed by atoms with van der Waals surface area (Å²) < 4.78 is 39.7. The van der Waals surface area contributed by atoms with Gasteiger partial charge in [0.1, 0.15) is 5.75 Å². The summed E-state index contributed by atoms with van der Waals surface area (Å²) in [6, 6.07) is 14.1. The highest BCUT2D eigenvalue weighted by molar-refractivity contribution is 5.29. The summed E-state index contributed by atoms with van der Waals surface area (Å²) in [7, 11) is 0. The van der Waals surface area contributed by atoms with Gasteiger partial charge >= 0.3 is 6.18 Å². The van der Waals surface area contributed by atoms with Crippen molar-refractivity contribution < 1.29 is 18.3 Å². The fourth-order valence-corrected chi connectivity index (χ4v) is 2.31. The monoisotopic (exact) mass is 309 g/mol. The Bertz CT molecular complexity index is 598. The van der Waals surface area contributed by atoms with Crippen molar-refractivity contribution in [1.29, 1.82) is 0 Å². The number of halogens is 3. The zero-order chi connectivity index (χ0) is 16.2. The van der Waals surface area contributed by atoms with Crippen LogP contribution in [0.5, 0.6) is 5.75 Å². The number of hydrogen-bond acceptors (Lipinski definition) is 2. The number of rotatable bonds is 5. The van der Waals surface area contributed by atoms with Gasteiger partial charge in [0, 0.05) is 12.6 Å². The molecule has 2 unspecified atom stereocenters. The van der Waals surface area contributed by atoms with Crippen molar-refractivity contribution >= 4 is 0 Å². The summed E-state index contributed by atoms with van der Waals surface area (Å²) >= 11 is 0. The highest BCUT2D eigenvalue weighted by Crippen LogP contribution is 2.34. The lowest BCUT2D eigenvalue weighted by Crippen LogP contribution is -2.33. The van der Waals surface area contributed by atoms with Gasteiger partial charge in [0.25, 0.3) is 0 Å². The van der Waals surface area contributed by atoms with Crippen molar-refractivity contribution in [3.05, 3.63) is 65.7 Å². The second-order valence-electron chi connectivity index (χ2n) is 5.23. The predicted molar refractivity (Wildman–Crippen MR) is 79.8 cm³/mol. The van der Waals surface area contributed by atoms with E-state index < -0.39 is 12.1 Å². The Morgan fingerprint density at radius 1 is 1.00 bits per heavy atom. The van der Waals surface area contributed by atoms with Crippen LogP contribution < -0.4 is 5.32 Å². The Labute approximate surface area is 127 Å². The third-order valence-corrected chi connectivity index (χ3v) is 3.60. The van der Waals surface area contributed by atoms with Crippen LogP contribution in [0, 0.1) is 0 Å². The van der Waals surface area contributed by atoms with Crippen molar-refractivity contribution in [2.45, 2.75) is 25.1 Å². The fourth-order valence-electron chi connectivity index (χ4n) is 2.31. The number of nitrogens with one attached hydrogen (secondary N) is 1. The normalized spacial score (nSPS) is 14.5. The number of alkyl halides is 3. The molecular formula is C17H18F3NO. The predicted octanol–water partition coefficient (Wildman–Crippen LogP) is 4.39. The Morgan fingerprint density at radius 3 is 2.23 bits per heavy atom. The molecule has 0 radical (unpaired) electrons. The van der Waals surface area contributed by atoms with Crippen molar-refractivity contribution in [3.8, 4) is 5.75 Å². The van der Waals surface area contributed by atoms with Crippen LogP contribution in [-0.4, -0.2) is 17.8 Å². The molecule has 0 bridgehead atoms. The second kappa shape index (κ2) is 6.83. The molecule has 0 saturated carbocycles. The van der Waals surface area contributed by atoms with E-state index in [9.17, 15) is 18.3 Å². The maximum Gasteiger partial charge on any atom is 0.396 e. The molecule has 2 rings (SSSR count). The fraction of sp³-hybridized carbons (Fsp3) is 0.294. The molecule has 2 N–H and O–H groups in total. The van der Waals surface area contributed by atoms with Crippen LogP contribution in [0.2, 0.25) is 0 Å². The van der Waals surface area contributed by atoms with Crippen molar-refractivity contribution in [2.75, 3.05) is 6.54 Å². The average molecular weight is 309 g/mol. The van der Waals surface area contributed by atoms with Crippen LogP contribution in [0.3, 0.4) is 0 Å².